The Balaban J connectivity index is 2.38. The zero-order valence-electron chi connectivity index (χ0n) is 9.62. The van der Waals surface area contributed by atoms with Gasteiger partial charge in [0.05, 0.1) is 23.1 Å². The summed E-state index contributed by atoms with van der Waals surface area (Å²) in [6.07, 6.45) is 1.35. The van der Waals surface area contributed by atoms with Crippen LogP contribution in [0.3, 0.4) is 0 Å². The minimum absolute atomic E-state index is 0.0989. The first kappa shape index (κ1) is 13.3. The molecule has 0 bridgehead atoms. The number of hydrogen-bond donors (Lipinski definition) is 2. The number of nitrogens with two attached hydrogens (primary N) is 1. The quantitative estimate of drug-likeness (QED) is 0.610. The standard InChI is InChI=1S/C10H18N2O3S/c1-14-6-7(15-2)5-12-9(13)10(3-4-10)8(11)16/h7H,3-6H2,1-2H3,(H2,11,16)(H,12,13). The molecular weight excluding hydrogens is 228 g/mol. The van der Waals surface area contributed by atoms with Crippen LogP contribution in [0, 0.1) is 5.41 Å². The summed E-state index contributed by atoms with van der Waals surface area (Å²) in [5, 5.41) is 2.79. The third-order valence-electron chi connectivity index (χ3n) is 2.83. The fourth-order valence-corrected chi connectivity index (χ4v) is 1.78. The number of amides is 1. The van der Waals surface area contributed by atoms with Crippen LogP contribution in [0.25, 0.3) is 0 Å². The molecular formula is C10H18N2O3S. The minimum Gasteiger partial charge on any atom is -0.392 e. The van der Waals surface area contributed by atoms with Crippen molar-refractivity contribution in [3.05, 3.63) is 0 Å². The summed E-state index contributed by atoms with van der Waals surface area (Å²) in [6.45, 7) is 0.852. The first-order valence-electron chi connectivity index (χ1n) is 5.16. The van der Waals surface area contributed by atoms with E-state index in [1.807, 2.05) is 0 Å². The van der Waals surface area contributed by atoms with E-state index < -0.39 is 5.41 Å². The molecule has 1 fully saturated rings. The van der Waals surface area contributed by atoms with Gasteiger partial charge in [-0.05, 0) is 12.8 Å². The van der Waals surface area contributed by atoms with Crippen molar-refractivity contribution in [2.45, 2.75) is 18.9 Å². The lowest BCUT2D eigenvalue weighted by Crippen LogP contribution is -2.43. The Bertz CT molecular complexity index is 279. The van der Waals surface area contributed by atoms with Gasteiger partial charge in [0.1, 0.15) is 0 Å². The smallest absolute Gasteiger partial charge is 0.233 e. The summed E-state index contributed by atoms with van der Waals surface area (Å²) in [7, 11) is 3.17. The monoisotopic (exact) mass is 246 g/mol. The van der Waals surface area contributed by atoms with Crippen LogP contribution in [0.2, 0.25) is 0 Å². The molecule has 1 saturated carbocycles. The molecule has 5 nitrogen and oxygen atoms in total. The number of rotatable bonds is 7. The third kappa shape index (κ3) is 2.90. The number of ether oxygens (including phenoxy) is 2. The number of hydrogen-bond acceptors (Lipinski definition) is 4. The predicted molar refractivity (Wildman–Crippen MR) is 64.1 cm³/mol. The van der Waals surface area contributed by atoms with Crippen LogP contribution in [-0.4, -0.2) is 44.4 Å². The Morgan fingerprint density at radius 2 is 2.19 bits per heavy atom. The van der Waals surface area contributed by atoms with E-state index in [9.17, 15) is 4.79 Å². The first-order chi connectivity index (χ1) is 7.56. The van der Waals surface area contributed by atoms with Crippen molar-refractivity contribution in [3.63, 3.8) is 0 Å². The van der Waals surface area contributed by atoms with E-state index in [0.29, 0.717) is 13.2 Å². The van der Waals surface area contributed by atoms with E-state index in [1.54, 1.807) is 14.2 Å². The molecule has 3 N–H and O–H groups in total. The van der Waals surface area contributed by atoms with Crippen LogP contribution in [0.1, 0.15) is 12.8 Å². The molecule has 0 aromatic heterocycles. The van der Waals surface area contributed by atoms with E-state index in [0.717, 1.165) is 12.8 Å². The Labute approximate surface area is 101 Å². The van der Waals surface area contributed by atoms with Gasteiger partial charge in [-0.25, -0.2) is 0 Å². The minimum atomic E-state index is -0.597. The van der Waals surface area contributed by atoms with Gasteiger partial charge < -0.3 is 20.5 Å². The lowest BCUT2D eigenvalue weighted by molar-refractivity contribution is -0.124. The molecule has 0 saturated heterocycles. The van der Waals surface area contributed by atoms with E-state index in [2.05, 4.69) is 5.32 Å². The Kier molecular flexibility index (Phi) is 4.64. The van der Waals surface area contributed by atoms with Crippen molar-refractivity contribution in [1.82, 2.24) is 5.32 Å². The lowest BCUT2D eigenvalue weighted by Gasteiger charge is -2.18. The number of carbonyl (C=O) groups excluding carboxylic acids is 1. The summed E-state index contributed by atoms with van der Waals surface area (Å²) in [6, 6.07) is 0. The largest absolute Gasteiger partial charge is 0.392 e. The average Bonchev–Trinajstić information content (AvgIpc) is 3.04. The van der Waals surface area contributed by atoms with Crippen LogP contribution in [0.4, 0.5) is 0 Å². The summed E-state index contributed by atoms with van der Waals surface area (Å²) >= 11 is 4.89. The van der Waals surface area contributed by atoms with Crippen molar-refractivity contribution in [2.24, 2.45) is 11.1 Å². The molecule has 1 rings (SSSR count). The first-order valence-corrected chi connectivity index (χ1v) is 5.57. The highest BCUT2D eigenvalue weighted by atomic mass is 32.1. The molecule has 1 aliphatic carbocycles. The molecule has 0 spiro atoms. The molecule has 0 aromatic carbocycles. The number of nitrogens with one attached hydrogen (secondary N) is 1. The van der Waals surface area contributed by atoms with Gasteiger partial charge in [-0.15, -0.1) is 0 Å². The predicted octanol–water partition coefficient (Wildman–Crippen LogP) is -0.170. The number of thiocarbonyl (C=S) groups is 1. The van der Waals surface area contributed by atoms with Crippen molar-refractivity contribution in [2.75, 3.05) is 27.4 Å². The van der Waals surface area contributed by atoms with Crippen LogP contribution in [0.15, 0.2) is 0 Å². The van der Waals surface area contributed by atoms with Gasteiger partial charge in [0.25, 0.3) is 0 Å². The molecule has 1 amide bonds. The van der Waals surface area contributed by atoms with Crippen molar-refractivity contribution in [3.8, 4) is 0 Å². The summed E-state index contributed by atoms with van der Waals surface area (Å²) < 4.78 is 10.1. The average molecular weight is 246 g/mol. The molecule has 0 radical (unpaired) electrons. The highest BCUT2D eigenvalue weighted by Crippen LogP contribution is 2.46. The Morgan fingerprint density at radius 1 is 1.56 bits per heavy atom. The molecule has 0 heterocycles. The van der Waals surface area contributed by atoms with Crippen LogP contribution in [-0.2, 0) is 14.3 Å². The second-order valence-electron chi connectivity index (χ2n) is 3.97. The van der Waals surface area contributed by atoms with E-state index in [1.165, 1.54) is 0 Å². The second kappa shape index (κ2) is 5.56. The summed E-state index contributed by atoms with van der Waals surface area (Å²) in [5.74, 6) is -0.0989. The fourth-order valence-electron chi connectivity index (χ4n) is 1.48. The molecule has 0 aromatic rings. The zero-order chi connectivity index (χ0) is 12.2. The van der Waals surface area contributed by atoms with Gasteiger partial charge in [-0.1, -0.05) is 12.2 Å². The molecule has 6 heteroatoms. The molecule has 0 aliphatic heterocycles. The van der Waals surface area contributed by atoms with Crippen LogP contribution < -0.4 is 11.1 Å². The molecule has 16 heavy (non-hydrogen) atoms. The zero-order valence-corrected chi connectivity index (χ0v) is 10.4. The van der Waals surface area contributed by atoms with Crippen LogP contribution in [0.5, 0.6) is 0 Å². The maximum atomic E-state index is 11.8. The molecule has 92 valence electrons. The van der Waals surface area contributed by atoms with Crippen molar-refractivity contribution in [1.29, 1.82) is 0 Å². The van der Waals surface area contributed by atoms with E-state index >= 15 is 0 Å². The van der Waals surface area contributed by atoms with E-state index in [-0.39, 0.29) is 17.0 Å². The topological polar surface area (TPSA) is 73.6 Å². The molecule has 1 atom stereocenters. The normalized spacial score (nSPS) is 18.9. The molecule has 1 aliphatic rings. The number of methoxy groups -OCH3 is 2. The second-order valence-corrected chi connectivity index (χ2v) is 4.41. The lowest BCUT2D eigenvalue weighted by atomic mass is 10.1. The van der Waals surface area contributed by atoms with Gasteiger partial charge in [0, 0.05) is 20.8 Å². The molecule has 1 unspecified atom stereocenters. The van der Waals surface area contributed by atoms with Gasteiger partial charge in [0.15, 0.2) is 0 Å². The fraction of sp³-hybridized carbons (Fsp3) is 0.800. The van der Waals surface area contributed by atoms with E-state index in [4.69, 9.17) is 27.4 Å². The van der Waals surface area contributed by atoms with Crippen LogP contribution >= 0.6 is 12.2 Å². The van der Waals surface area contributed by atoms with Gasteiger partial charge in [-0.3, -0.25) is 4.79 Å². The van der Waals surface area contributed by atoms with Gasteiger partial charge in [0.2, 0.25) is 5.91 Å². The summed E-state index contributed by atoms with van der Waals surface area (Å²) in [5.41, 5.74) is 4.95. The maximum Gasteiger partial charge on any atom is 0.233 e. The van der Waals surface area contributed by atoms with Gasteiger partial charge >= 0.3 is 0 Å². The third-order valence-corrected chi connectivity index (χ3v) is 3.22. The summed E-state index contributed by atoms with van der Waals surface area (Å²) in [4.78, 5) is 12.1. The van der Waals surface area contributed by atoms with Crippen molar-refractivity contribution < 1.29 is 14.3 Å². The highest BCUT2D eigenvalue weighted by Gasteiger charge is 2.52. The Hall–Kier alpha value is -0.720. The SMILES string of the molecule is COCC(CNC(=O)C1(C(N)=S)CC1)OC. The highest BCUT2D eigenvalue weighted by molar-refractivity contribution is 7.80. The Morgan fingerprint density at radius 3 is 2.56 bits per heavy atom. The van der Waals surface area contributed by atoms with Crippen molar-refractivity contribution >= 4 is 23.1 Å². The maximum absolute atomic E-state index is 11.8. The number of carbonyl (C=O) groups is 1. The van der Waals surface area contributed by atoms with Gasteiger partial charge in [-0.2, -0.15) is 0 Å².